The molecule has 1 aliphatic heterocycles. The lowest BCUT2D eigenvalue weighted by molar-refractivity contribution is 0.0761. The molecule has 1 fully saturated rings. The van der Waals surface area contributed by atoms with E-state index in [4.69, 9.17) is 5.73 Å². The molecule has 0 aromatic carbocycles. The van der Waals surface area contributed by atoms with E-state index >= 15 is 0 Å². The first-order valence-electron chi connectivity index (χ1n) is 7.41. The fourth-order valence-electron chi connectivity index (χ4n) is 2.59. The third-order valence-corrected chi connectivity index (χ3v) is 3.76. The van der Waals surface area contributed by atoms with Crippen LogP contribution in [0, 0.1) is 0 Å². The summed E-state index contributed by atoms with van der Waals surface area (Å²) in [5, 5.41) is 4.07. The second kappa shape index (κ2) is 7.40. The molecular weight excluding hydrogens is 254 g/mol. The van der Waals surface area contributed by atoms with Crippen LogP contribution in [0.4, 0.5) is 0 Å². The normalized spacial score (nSPS) is 17.2. The molecular formula is C14H25N5O. The standard InChI is InChI=1S/C14H25N5O/c1-17-12-13(11-16-17)14(20)19-8-4-7-18(9-10-19)6-3-2-5-15/h11-12H,2-10,15H2,1H3. The van der Waals surface area contributed by atoms with Gasteiger partial charge in [-0.3, -0.25) is 9.48 Å². The van der Waals surface area contributed by atoms with E-state index < -0.39 is 0 Å². The summed E-state index contributed by atoms with van der Waals surface area (Å²) in [5.74, 6) is 0.0990. The summed E-state index contributed by atoms with van der Waals surface area (Å²) in [7, 11) is 1.83. The SMILES string of the molecule is Cn1cc(C(=O)N2CCCN(CCCCN)CC2)cn1. The molecule has 6 heteroatoms. The first-order valence-corrected chi connectivity index (χ1v) is 7.41. The molecule has 2 rings (SSSR count). The zero-order chi connectivity index (χ0) is 14.4. The minimum atomic E-state index is 0.0990. The van der Waals surface area contributed by atoms with Crippen molar-refractivity contribution < 1.29 is 4.79 Å². The van der Waals surface area contributed by atoms with Gasteiger partial charge in [0.1, 0.15) is 0 Å². The van der Waals surface area contributed by atoms with Crippen molar-refractivity contribution in [3.8, 4) is 0 Å². The van der Waals surface area contributed by atoms with Crippen LogP contribution in [0.3, 0.4) is 0 Å². The second-order valence-electron chi connectivity index (χ2n) is 5.39. The summed E-state index contributed by atoms with van der Waals surface area (Å²) in [5.41, 5.74) is 6.21. The predicted molar refractivity (Wildman–Crippen MR) is 78.5 cm³/mol. The molecule has 0 aliphatic carbocycles. The summed E-state index contributed by atoms with van der Waals surface area (Å²) in [6.45, 7) is 5.51. The van der Waals surface area contributed by atoms with Crippen LogP contribution in [0.5, 0.6) is 0 Å². The Morgan fingerprint density at radius 3 is 2.85 bits per heavy atom. The Balaban J connectivity index is 1.84. The van der Waals surface area contributed by atoms with Gasteiger partial charge in [0.15, 0.2) is 0 Å². The maximum atomic E-state index is 12.4. The Morgan fingerprint density at radius 1 is 1.30 bits per heavy atom. The molecule has 112 valence electrons. The van der Waals surface area contributed by atoms with Crippen molar-refractivity contribution in [3.05, 3.63) is 18.0 Å². The molecule has 1 aromatic heterocycles. The molecule has 20 heavy (non-hydrogen) atoms. The minimum absolute atomic E-state index is 0.0990. The molecule has 1 amide bonds. The lowest BCUT2D eigenvalue weighted by Gasteiger charge is -2.21. The summed E-state index contributed by atoms with van der Waals surface area (Å²) < 4.78 is 1.67. The van der Waals surface area contributed by atoms with Crippen molar-refractivity contribution in [1.82, 2.24) is 19.6 Å². The number of hydrogen-bond acceptors (Lipinski definition) is 4. The molecule has 2 heterocycles. The molecule has 1 aliphatic rings. The van der Waals surface area contributed by atoms with E-state index in [0.29, 0.717) is 5.56 Å². The Bertz CT molecular complexity index is 431. The quantitative estimate of drug-likeness (QED) is 0.788. The van der Waals surface area contributed by atoms with Crippen molar-refractivity contribution in [3.63, 3.8) is 0 Å². The summed E-state index contributed by atoms with van der Waals surface area (Å²) in [6.07, 6.45) is 6.69. The number of nitrogens with two attached hydrogens (primary N) is 1. The Morgan fingerprint density at radius 2 is 2.15 bits per heavy atom. The van der Waals surface area contributed by atoms with Crippen LogP contribution in [0.25, 0.3) is 0 Å². The van der Waals surface area contributed by atoms with Gasteiger partial charge in [-0.15, -0.1) is 0 Å². The molecule has 1 aromatic rings. The number of carbonyl (C=O) groups is 1. The van der Waals surface area contributed by atoms with Gasteiger partial charge >= 0.3 is 0 Å². The van der Waals surface area contributed by atoms with Gasteiger partial charge in [0, 0.05) is 32.9 Å². The highest BCUT2D eigenvalue weighted by Gasteiger charge is 2.20. The molecule has 0 bridgehead atoms. The highest BCUT2D eigenvalue weighted by molar-refractivity contribution is 5.93. The topological polar surface area (TPSA) is 67.4 Å². The van der Waals surface area contributed by atoms with E-state index in [1.54, 1.807) is 17.1 Å². The molecule has 0 radical (unpaired) electrons. The van der Waals surface area contributed by atoms with Gasteiger partial charge in [0.25, 0.3) is 5.91 Å². The summed E-state index contributed by atoms with van der Waals surface area (Å²) in [4.78, 5) is 16.8. The number of hydrogen-bond donors (Lipinski definition) is 1. The van der Waals surface area contributed by atoms with Crippen LogP contribution >= 0.6 is 0 Å². The maximum absolute atomic E-state index is 12.4. The van der Waals surface area contributed by atoms with Crippen LogP contribution < -0.4 is 5.73 Å². The zero-order valence-corrected chi connectivity index (χ0v) is 12.3. The molecule has 0 spiro atoms. The third kappa shape index (κ3) is 4.05. The monoisotopic (exact) mass is 279 g/mol. The number of carbonyl (C=O) groups excluding carboxylic acids is 1. The van der Waals surface area contributed by atoms with Crippen molar-refractivity contribution in [1.29, 1.82) is 0 Å². The van der Waals surface area contributed by atoms with E-state index in [0.717, 1.165) is 58.5 Å². The average molecular weight is 279 g/mol. The van der Waals surface area contributed by atoms with Crippen LogP contribution in [0.1, 0.15) is 29.6 Å². The molecule has 2 N–H and O–H groups in total. The molecule has 0 atom stereocenters. The van der Waals surface area contributed by atoms with Crippen LogP contribution in [-0.4, -0.2) is 64.8 Å². The zero-order valence-electron chi connectivity index (χ0n) is 12.3. The largest absolute Gasteiger partial charge is 0.337 e. The van der Waals surface area contributed by atoms with Gasteiger partial charge in [0.05, 0.1) is 11.8 Å². The average Bonchev–Trinajstić information content (AvgIpc) is 2.74. The number of amides is 1. The lowest BCUT2D eigenvalue weighted by Crippen LogP contribution is -2.35. The minimum Gasteiger partial charge on any atom is -0.337 e. The molecule has 0 saturated carbocycles. The number of nitrogens with zero attached hydrogens (tertiary/aromatic N) is 4. The summed E-state index contributed by atoms with van der Waals surface area (Å²) >= 11 is 0. The van der Waals surface area contributed by atoms with Gasteiger partial charge in [-0.25, -0.2) is 0 Å². The smallest absolute Gasteiger partial charge is 0.257 e. The fraction of sp³-hybridized carbons (Fsp3) is 0.714. The highest BCUT2D eigenvalue weighted by Crippen LogP contribution is 2.09. The van der Waals surface area contributed by atoms with E-state index in [1.165, 1.54) is 0 Å². The van der Waals surface area contributed by atoms with Gasteiger partial charge in [-0.2, -0.15) is 5.10 Å². The van der Waals surface area contributed by atoms with Crippen molar-refractivity contribution in [2.45, 2.75) is 19.3 Å². The maximum Gasteiger partial charge on any atom is 0.257 e. The highest BCUT2D eigenvalue weighted by atomic mass is 16.2. The van der Waals surface area contributed by atoms with Crippen molar-refractivity contribution in [2.24, 2.45) is 12.8 Å². The Kier molecular flexibility index (Phi) is 5.55. The number of aryl methyl sites for hydroxylation is 1. The molecule has 0 unspecified atom stereocenters. The van der Waals surface area contributed by atoms with E-state index in [1.807, 2.05) is 11.9 Å². The van der Waals surface area contributed by atoms with Gasteiger partial charge < -0.3 is 15.5 Å². The number of unbranched alkanes of at least 4 members (excludes halogenated alkanes) is 1. The van der Waals surface area contributed by atoms with Crippen LogP contribution in [0.2, 0.25) is 0 Å². The number of rotatable bonds is 5. The lowest BCUT2D eigenvalue weighted by atomic mass is 10.3. The van der Waals surface area contributed by atoms with Crippen LogP contribution in [0.15, 0.2) is 12.4 Å². The van der Waals surface area contributed by atoms with Crippen LogP contribution in [-0.2, 0) is 7.05 Å². The fourth-order valence-corrected chi connectivity index (χ4v) is 2.59. The van der Waals surface area contributed by atoms with Gasteiger partial charge in [-0.1, -0.05) is 0 Å². The first-order chi connectivity index (χ1) is 9.70. The third-order valence-electron chi connectivity index (χ3n) is 3.76. The first kappa shape index (κ1) is 15.0. The number of aromatic nitrogens is 2. The predicted octanol–water partition coefficient (Wildman–Crippen LogP) is 0.307. The van der Waals surface area contributed by atoms with Crippen molar-refractivity contribution in [2.75, 3.05) is 39.3 Å². The second-order valence-corrected chi connectivity index (χ2v) is 5.39. The Labute approximate surface area is 120 Å². The van der Waals surface area contributed by atoms with Gasteiger partial charge in [0.2, 0.25) is 0 Å². The molecule has 6 nitrogen and oxygen atoms in total. The van der Waals surface area contributed by atoms with Gasteiger partial charge in [-0.05, 0) is 38.9 Å². The Hall–Kier alpha value is -1.40. The van der Waals surface area contributed by atoms with E-state index in [2.05, 4.69) is 10.00 Å². The molecule has 1 saturated heterocycles. The van der Waals surface area contributed by atoms with E-state index in [9.17, 15) is 4.79 Å². The van der Waals surface area contributed by atoms with Crippen molar-refractivity contribution >= 4 is 5.91 Å². The summed E-state index contributed by atoms with van der Waals surface area (Å²) in [6, 6.07) is 0. The van der Waals surface area contributed by atoms with E-state index in [-0.39, 0.29) is 5.91 Å².